The molecule has 5 heteroatoms. The number of aliphatic hydroxyl groups excluding tert-OH is 1. The third kappa shape index (κ3) is 9.36. The molecule has 180 valence electrons. The van der Waals surface area contributed by atoms with Crippen LogP contribution in [0.1, 0.15) is 85.0 Å². The minimum atomic E-state index is -0.512. The molecule has 0 radical (unpaired) electrons. The summed E-state index contributed by atoms with van der Waals surface area (Å²) in [6, 6.07) is 0. The summed E-state index contributed by atoms with van der Waals surface area (Å²) in [6.07, 6.45) is 12.9. The van der Waals surface area contributed by atoms with Gasteiger partial charge in [0.2, 0.25) is 0 Å². The average Bonchev–Trinajstić information content (AvgIpc) is 3.52. The molecule has 0 aliphatic heterocycles. The van der Waals surface area contributed by atoms with Gasteiger partial charge in [-0.1, -0.05) is 51.2 Å². The molecule has 0 aromatic heterocycles. The van der Waals surface area contributed by atoms with Gasteiger partial charge >= 0.3 is 11.9 Å². The van der Waals surface area contributed by atoms with E-state index in [0.717, 1.165) is 38.5 Å². The summed E-state index contributed by atoms with van der Waals surface area (Å²) in [7, 11) is 1.42. The van der Waals surface area contributed by atoms with Crippen molar-refractivity contribution in [2.24, 2.45) is 29.6 Å². The Morgan fingerprint density at radius 3 is 2.56 bits per heavy atom. The topological polar surface area (TPSA) is 72.8 Å². The van der Waals surface area contributed by atoms with Gasteiger partial charge in [-0.15, -0.1) is 5.92 Å². The van der Waals surface area contributed by atoms with Gasteiger partial charge in [-0.25, -0.2) is 0 Å². The van der Waals surface area contributed by atoms with Crippen LogP contribution in [-0.4, -0.2) is 36.4 Å². The molecule has 0 amide bonds. The summed E-state index contributed by atoms with van der Waals surface area (Å²) in [5.74, 6) is 7.76. The Balaban J connectivity index is 1.88. The summed E-state index contributed by atoms with van der Waals surface area (Å²) >= 11 is 0. The van der Waals surface area contributed by atoms with Crippen LogP contribution >= 0.6 is 0 Å². The summed E-state index contributed by atoms with van der Waals surface area (Å²) in [6.45, 7) is 5.73. The van der Waals surface area contributed by atoms with Gasteiger partial charge in [-0.05, 0) is 49.9 Å². The largest absolute Gasteiger partial charge is 0.469 e. The Hall–Kier alpha value is -1.80. The molecule has 2 aliphatic carbocycles. The van der Waals surface area contributed by atoms with Crippen LogP contribution in [-0.2, 0) is 19.1 Å². The van der Waals surface area contributed by atoms with E-state index in [2.05, 4.69) is 29.6 Å². The van der Waals surface area contributed by atoms with Crippen LogP contribution in [0.5, 0.6) is 0 Å². The van der Waals surface area contributed by atoms with Crippen molar-refractivity contribution in [2.45, 2.75) is 97.2 Å². The molecule has 1 N–H and O–H groups in total. The van der Waals surface area contributed by atoms with Crippen LogP contribution < -0.4 is 0 Å². The number of methoxy groups -OCH3 is 1. The lowest BCUT2D eigenvalue weighted by Gasteiger charge is -2.24. The van der Waals surface area contributed by atoms with Crippen molar-refractivity contribution in [1.82, 2.24) is 0 Å². The zero-order valence-electron chi connectivity index (χ0n) is 20.3. The molecule has 0 aromatic carbocycles. The second-order valence-corrected chi connectivity index (χ2v) is 9.78. The molecule has 2 fully saturated rings. The van der Waals surface area contributed by atoms with Crippen molar-refractivity contribution < 1.29 is 24.2 Å². The highest BCUT2D eigenvalue weighted by Gasteiger charge is 2.41. The smallest absolute Gasteiger partial charge is 0.305 e. The zero-order chi connectivity index (χ0) is 23.5. The molecule has 32 heavy (non-hydrogen) atoms. The van der Waals surface area contributed by atoms with E-state index in [1.807, 2.05) is 13.0 Å². The van der Waals surface area contributed by atoms with Crippen LogP contribution in [0.3, 0.4) is 0 Å². The number of unbranched alkanes of at least 4 members (excludes halogenated alkanes) is 3. The van der Waals surface area contributed by atoms with Crippen molar-refractivity contribution in [1.29, 1.82) is 0 Å². The molecular weight excluding hydrogens is 404 g/mol. The summed E-state index contributed by atoms with van der Waals surface area (Å²) < 4.78 is 10.4. The van der Waals surface area contributed by atoms with Crippen LogP contribution in [0.25, 0.3) is 0 Å². The van der Waals surface area contributed by atoms with Gasteiger partial charge in [0.15, 0.2) is 0 Å². The maximum Gasteiger partial charge on any atom is 0.305 e. The Kier molecular flexibility index (Phi) is 11.3. The van der Waals surface area contributed by atoms with Crippen LogP contribution in [0.15, 0.2) is 12.2 Å². The molecule has 0 aromatic rings. The first kappa shape index (κ1) is 26.5. The molecule has 0 unspecified atom stereocenters. The molecule has 5 nitrogen and oxygen atoms in total. The molecule has 2 aliphatic rings. The van der Waals surface area contributed by atoms with Crippen LogP contribution in [0.4, 0.5) is 0 Å². The van der Waals surface area contributed by atoms with E-state index in [1.54, 1.807) is 0 Å². The molecular formula is C27H42O5. The maximum absolute atomic E-state index is 11.6. The second kappa shape index (κ2) is 13.7. The monoisotopic (exact) mass is 446 g/mol. The van der Waals surface area contributed by atoms with Gasteiger partial charge in [-0.3, -0.25) is 9.59 Å². The number of allylic oxidation sites excluding steroid dienone is 1. The molecule has 2 saturated carbocycles. The first-order valence-corrected chi connectivity index (χ1v) is 12.4. The van der Waals surface area contributed by atoms with Crippen LogP contribution in [0.2, 0.25) is 0 Å². The third-order valence-corrected chi connectivity index (χ3v) is 6.87. The highest BCUT2D eigenvalue weighted by Crippen LogP contribution is 2.43. The van der Waals surface area contributed by atoms with E-state index in [0.29, 0.717) is 24.7 Å². The van der Waals surface area contributed by atoms with Crippen molar-refractivity contribution in [2.75, 3.05) is 7.11 Å². The fourth-order valence-corrected chi connectivity index (χ4v) is 4.68. The number of hydrogen-bond acceptors (Lipinski definition) is 5. The van der Waals surface area contributed by atoms with E-state index >= 15 is 0 Å². The van der Waals surface area contributed by atoms with Crippen LogP contribution in [0, 0.1) is 41.4 Å². The number of carbonyl (C=O) groups excluding carboxylic acids is 2. The number of ether oxygens (including phenoxy) is 2. The van der Waals surface area contributed by atoms with Gasteiger partial charge in [0, 0.05) is 31.6 Å². The second-order valence-electron chi connectivity index (χ2n) is 9.78. The highest BCUT2D eigenvalue weighted by atomic mass is 16.5. The zero-order valence-corrected chi connectivity index (χ0v) is 20.3. The van der Waals surface area contributed by atoms with Crippen molar-refractivity contribution >= 4 is 11.9 Å². The first-order valence-electron chi connectivity index (χ1n) is 12.4. The van der Waals surface area contributed by atoms with E-state index in [9.17, 15) is 14.7 Å². The van der Waals surface area contributed by atoms with Gasteiger partial charge in [0.05, 0.1) is 13.2 Å². The van der Waals surface area contributed by atoms with Crippen molar-refractivity contribution in [3.8, 4) is 11.8 Å². The Bertz CT molecular complexity index is 684. The summed E-state index contributed by atoms with van der Waals surface area (Å²) in [4.78, 5) is 22.9. The van der Waals surface area contributed by atoms with E-state index in [1.165, 1.54) is 26.9 Å². The number of rotatable bonds is 12. The lowest BCUT2D eigenvalue weighted by atomic mass is 9.85. The molecule has 0 bridgehead atoms. The van der Waals surface area contributed by atoms with Crippen molar-refractivity contribution in [3.63, 3.8) is 0 Å². The highest BCUT2D eigenvalue weighted by molar-refractivity contribution is 5.69. The normalized spacial score (nSPS) is 26.9. The van der Waals surface area contributed by atoms with Gasteiger partial charge in [0.1, 0.15) is 6.10 Å². The maximum atomic E-state index is 11.6. The lowest BCUT2D eigenvalue weighted by molar-refractivity contribution is -0.148. The Morgan fingerprint density at radius 2 is 1.91 bits per heavy atom. The average molecular weight is 447 g/mol. The molecule has 0 heterocycles. The Morgan fingerprint density at radius 1 is 1.19 bits per heavy atom. The number of aliphatic hydroxyl groups is 1. The first-order chi connectivity index (χ1) is 15.3. The fourth-order valence-electron chi connectivity index (χ4n) is 4.68. The SMILES string of the molecule is COC(=O)CCCCCC[C@@H]1[C@@H](/C=C/[C@@H](O)[C@@H](C)CC#CC2CC2)[C@H](C)C[C@@H]1OC(C)=O. The standard InChI is InChI=1S/C27H42O5/c1-19(10-9-11-22-14-15-22)25(29)17-16-23-20(2)18-26(32-21(3)28)24(23)12-7-5-6-8-13-27(30)31-4/h16-17,19-20,22-26,29H,5-8,10,12-15,18H2,1-4H3/b17-16+/t19-,20+,23-,24+,25+,26-/m0/s1. The third-order valence-electron chi connectivity index (χ3n) is 6.87. The number of hydrogen-bond donors (Lipinski definition) is 1. The van der Waals surface area contributed by atoms with E-state index < -0.39 is 6.10 Å². The van der Waals surface area contributed by atoms with Gasteiger partial charge < -0.3 is 14.6 Å². The lowest BCUT2D eigenvalue weighted by Crippen LogP contribution is -2.24. The summed E-state index contributed by atoms with van der Waals surface area (Å²) in [5, 5.41) is 10.6. The van der Waals surface area contributed by atoms with Crippen molar-refractivity contribution in [3.05, 3.63) is 12.2 Å². The predicted molar refractivity (Wildman–Crippen MR) is 125 cm³/mol. The number of carbonyl (C=O) groups is 2. The molecule has 2 rings (SSSR count). The van der Waals surface area contributed by atoms with Gasteiger partial charge in [-0.2, -0.15) is 0 Å². The summed E-state index contributed by atoms with van der Waals surface area (Å²) in [5.41, 5.74) is 0. The minimum absolute atomic E-state index is 0.0637. The minimum Gasteiger partial charge on any atom is -0.469 e. The molecule has 6 atom stereocenters. The van der Waals surface area contributed by atoms with Gasteiger partial charge in [0.25, 0.3) is 0 Å². The molecule has 0 spiro atoms. The number of esters is 2. The molecule has 0 saturated heterocycles. The quantitative estimate of drug-likeness (QED) is 0.196. The fraction of sp³-hybridized carbons (Fsp3) is 0.778. The Labute approximate surface area is 194 Å². The predicted octanol–water partition coefficient (Wildman–Crippen LogP) is 5.06. The van der Waals surface area contributed by atoms with E-state index in [-0.39, 0.29) is 35.8 Å². The van der Waals surface area contributed by atoms with E-state index in [4.69, 9.17) is 4.74 Å².